The number of carbonyl (C=O) groups excluding carboxylic acids is 1. The van der Waals surface area contributed by atoms with Crippen LogP contribution in [0.5, 0.6) is 0 Å². The summed E-state index contributed by atoms with van der Waals surface area (Å²) in [5, 5.41) is 0. The Kier molecular flexibility index (Phi) is 2.95. The quantitative estimate of drug-likeness (QED) is 0.630. The summed E-state index contributed by atoms with van der Waals surface area (Å²) in [6, 6.07) is 0.708. The molecule has 1 saturated carbocycles. The summed E-state index contributed by atoms with van der Waals surface area (Å²) in [5.74, 6) is 0. The van der Waals surface area contributed by atoms with E-state index in [-0.39, 0.29) is 6.03 Å². The highest BCUT2D eigenvalue weighted by Gasteiger charge is 2.32. The first-order valence-corrected chi connectivity index (χ1v) is 4.64. The third-order valence-corrected chi connectivity index (χ3v) is 2.08. The molecule has 1 fully saturated rings. The predicted octanol–water partition coefficient (Wildman–Crippen LogP) is 1.54. The van der Waals surface area contributed by atoms with E-state index in [4.69, 9.17) is 0 Å². The van der Waals surface area contributed by atoms with E-state index in [9.17, 15) is 4.79 Å². The summed E-state index contributed by atoms with van der Waals surface area (Å²) < 4.78 is 0. The molecule has 70 valence electrons. The summed E-state index contributed by atoms with van der Waals surface area (Å²) in [6.07, 6.45) is 3.44. The molecule has 0 atom stereocenters. The fourth-order valence-electron chi connectivity index (χ4n) is 1.32. The van der Waals surface area contributed by atoms with E-state index in [1.54, 1.807) is 4.90 Å². The molecule has 0 bridgehead atoms. The molecule has 3 nitrogen and oxygen atoms in total. The molecule has 0 unspecified atom stereocenters. The number of amides is 2. The highest BCUT2D eigenvalue weighted by molar-refractivity contribution is 5.74. The lowest BCUT2D eigenvalue weighted by atomic mass is 10.4. The van der Waals surface area contributed by atoms with E-state index in [0.29, 0.717) is 6.04 Å². The van der Waals surface area contributed by atoms with Gasteiger partial charge in [-0.3, -0.25) is 0 Å². The first-order chi connectivity index (χ1) is 5.66. The second-order valence-corrected chi connectivity index (χ2v) is 3.60. The second kappa shape index (κ2) is 3.78. The molecule has 0 heterocycles. The maximum atomic E-state index is 11.6. The predicted molar refractivity (Wildman–Crippen MR) is 49.1 cm³/mol. The Bertz CT molecular complexity index is 164. The molecule has 1 aliphatic carbocycles. The lowest BCUT2D eigenvalue weighted by Crippen LogP contribution is -2.41. The maximum Gasteiger partial charge on any atom is 0.319 e. The zero-order valence-electron chi connectivity index (χ0n) is 8.21. The molecule has 0 spiro atoms. The van der Waals surface area contributed by atoms with Gasteiger partial charge in [-0.25, -0.2) is 4.79 Å². The van der Waals surface area contributed by atoms with Crippen LogP contribution in [0.2, 0.25) is 0 Å². The van der Waals surface area contributed by atoms with Crippen molar-refractivity contribution in [1.29, 1.82) is 0 Å². The lowest BCUT2D eigenvalue weighted by molar-refractivity contribution is 0.168. The summed E-state index contributed by atoms with van der Waals surface area (Å²) >= 11 is 0. The van der Waals surface area contributed by atoms with Crippen molar-refractivity contribution in [2.45, 2.75) is 32.2 Å². The van der Waals surface area contributed by atoms with E-state index < -0.39 is 0 Å². The number of nitrogens with zero attached hydrogens (tertiary/aromatic N) is 2. The molecule has 1 rings (SSSR count). The Morgan fingerprint density at radius 3 is 2.33 bits per heavy atom. The van der Waals surface area contributed by atoms with E-state index in [0.717, 1.165) is 13.0 Å². The van der Waals surface area contributed by atoms with Gasteiger partial charge in [-0.05, 0) is 19.3 Å². The van der Waals surface area contributed by atoms with Gasteiger partial charge >= 0.3 is 6.03 Å². The van der Waals surface area contributed by atoms with Crippen molar-refractivity contribution in [2.24, 2.45) is 0 Å². The molecule has 0 N–H and O–H groups in total. The Hall–Kier alpha value is -0.730. The van der Waals surface area contributed by atoms with Gasteiger partial charge in [0.05, 0.1) is 0 Å². The van der Waals surface area contributed by atoms with Gasteiger partial charge in [-0.2, -0.15) is 0 Å². The van der Waals surface area contributed by atoms with Crippen LogP contribution in [-0.2, 0) is 0 Å². The molecule has 0 aromatic rings. The average Bonchev–Trinajstić information content (AvgIpc) is 2.81. The van der Waals surface area contributed by atoms with Gasteiger partial charge in [0, 0.05) is 26.7 Å². The van der Waals surface area contributed by atoms with Crippen molar-refractivity contribution < 1.29 is 4.79 Å². The van der Waals surface area contributed by atoms with Crippen molar-refractivity contribution in [3.8, 4) is 0 Å². The number of hydrogen-bond donors (Lipinski definition) is 0. The molecule has 0 aliphatic heterocycles. The largest absolute Gasteiger partial charge is 0.331 e. The summed E-state index contributed by atoms with van der Waals surface area (Å²) in [5.41, 5.74) is 0. The molecular weight excluding hydrogens is 152 g/mol. The fraction of sp³-hybridized carbons (Fsp3) is 0.889. The zero-order valence-corrected chi connectivity index (χ0v) is 8.21. The van der Waals surface area contributed by atoms with Gasteiger partial charge in [-0.15, -0.1) is 0 Å². The fourth-order valence-corrected chi connectivity index (χ4v) is 1.32. The molecule has 0 radical (unpaired) electrons. The smallest absolute Gasteiger partial charge is 0.319 e. The van der Waals surface area contributed by atoms with Crippen molar-refractivity contribution in [3.63, 3.8) is 0 Å². The molecule has 0 aromatic heterocycles. The van der Waals surface area contributed by atoms with E-state index in [2.05, 4.69) is 6.92 Å². The van der Waals surface area contributed by atoms with Crippen molar-refractivity contribution >= 4 is 6.03 Å². The van der Waals surface area contributed by atoms with Crippen LogP contribution in [0.25, 0.3) is 0 Å². The normalized spacial score (nSPS) is 15.9. The molecule has 12 heavy (non-hydrogen) atoms. The van der Waals surface area contributed by atoms with Crippen LogP contribution in [-0.4, -0.2) is 42.5 Å². The Balaban J connectivity index is 2.46. The van der Waals surface area contributed by atoms with Crippen LogP contribution in [0.3, 0.4) is 0 Å². The van der Waals surface area contributed by atoms with E-state index in [1.165, 1.54) is 12.8 Å². The molecule has 1 aliphatic rings. The van der Waals surface area contributed by atoms with Gasteiger partial charge in [-0.1, -0.05) is 6.92 Å². The molecule has 0 saturated heterocycles. The van der Waals surface area contributed by atoms with Crippen molar-refractivity contribution in [1.82, 2.24) is 9.80 Å². The minimum atomic E-state index is 0.166. The van der Waals surface area contributed by atoms with Gasteiger partial charge in [0.25, 0.3) is 0 Å². The van der Waals surface area contributed by atoms with Crippen LogP contribution in [0.4, 0.5) is 4.79 Å². The Morgan fingerprint density at radius 2 is 2.00 bits per heavy atom. The minimum Gasteiger partial charge on any atom is -0.331 e. The number of rotatable bonds is 3. The summed E-state index contributed by atoms with van der Waals surface area (Å²) in [7, 11) is 3.63. The summed E-state index contributed by atoms with van der Waals surface area (Å²) in [6.45, 7) is 3.01. The topological polar surface area (TPSA) is 23.6 Å². The van der Waals surface area contributed by atoms with Crippen LogP contribution < -0.4 is 0 Å². The number of urea groups is 1. The molecular formula is C9H18N2O. The number of hydrogen-bond acceptors (Lipinski definition) is 1. The van der Waals surface area contributed by atoms with E-state index >= 15 is 0 Å². The SMILES string of the molecule is CCCN(C(=O)N(C)C)C1CC1. The van der Waals surface area contributed by atoms with Crippen LogP contribution >= 0.6 is 0 Å². The van der Waals surface area contributed by atoms with Gasteiger partial charge < -0.3 is 9.80 Å². The Labute approximate surface area is 74.3 Å². The third-order valence-electron chi connectivity index (χ3n) is 2.08. The highest BCUT2D eigenvalue weighted by Crippen LogP contribution is 2.27. The first kappa shape index (κ1) is 9.36. The zero-order chi connectivity index (χ0) is 9.14. The maximum absolute atomic E-state index is 11.6. The second-order valence-electron chi connectivity index (χ2n) is 3.60. The molecule has 2 amide bonds. The Morgan fingerprint density at radius 1 is 1.42 bits per heavy atom. The van der Waals surface area contributed by atoms with Crippen molar-refractivity contribution in [2.75, 3.05) is 20.6 Å². The van der Waals surface area contributed by atoms with Crippen LogP contribution in [0.1, 0.15) is 26.2 Å². The van der Waals surface area contributed by atoms with Gasteiger partial charge in [0.1, 0.15) is 0 Å². The molecule has 3 heteroatoms. The van der Waals surface area contributed by atoms with E-state index in [1.807, 2.05) is 19.0 Å². The minimum absolute atomic E-state index is 0.166. The number of carbonyl (C=O) groups is 1. The van der Waals surface area contributed by atoms with Gasteiger partial charge in [0.15, 0.2) is 0 Å². The monoisotopic (exact) mass is 170 g/mol. The highest BCUT2D eigenvalue weighted by atomic mass is 16.2. The summed E-state index contributed by atoms with van der Waals surface area (Å²) in [4.78, 5) is 15.2. The van der Waals surface area contributed by atoms with Crippen LogP contribution in [0, 0.1) is 0 Å². The average molecular weight is 170 g/mol. The lowest BCUT2D eigenvalue weighted by Gasteiger charge is -2.25. The van der Waals surface area contributed by atoms with Crippen molar-refractivity contribution in [3.05, 3.63) is 0 Å². The third kappa shape index (κ3) is 2.13. The molecule has 0 aromatic carbocycles. The first-order valence-electron chi connectivity index (χ1n) is 4.64. The standard InChI is InChI=1S/C9H18N2O/c1-4-7-11(8-5-6-8)9(12)10(2)3/h8H,4-7H2,1-3H3. The van der Waals surface area contributed by atoms with Crippen LogP contribution in [0.15, 0.2) is 0 Å². The van der Waals surface area contributed by atoms with Gasteiger partial charge in [0.2, 0.25) is 0 Å².